The van der Waals surface area contributed by atoms with E-state index < -0.39 is 18.8 Å². The number of hydrogen-bond donors (Lipinski definition) is 1. The molecule has 2 bridgehead atoms. The Morgan fingerprint density at radius 2 is 1.95 bits per heavy atom. The number of aliphatic hydroxyl groups excluding tert-OH is 1. The first-order chi connectivity index (χ1) is 18.9. The average molecular weight is 580 g/mol. The van der Waals surface area contributed by atoms with Crippen LogP contribution < -0.4 is 9.64 Å². The van der Waals surface area contributed by atoms with Crippen LogP contribution in [0.1, 0.15) is 43.2 Å². The molecular weight excluding hydrogens is 547 g/mol. The van der Waals surface area contributed by atoms with E-state index in [-0.39, 0.29) is 18.7 Å². The number of aromatic nitrogens is 3. The molecule has 0 aliphatic carbocycles. The molecular formula is C28H33ClF3N5O3. The lowest BCUT2D eigenvalue weighted by Crippen LogP contribution is -2.49. The van der Waals surface area contributed by atoms with Gasteiger partial charge in [-0.15, -0.1) is 0 Å². The van der Waals surface area contributed by atoms with Crippen LogP contribution in [-0.2, 0) is 0 Å². The maximum atomic E-state index is 13.1. The van der Waals surface area contributed by atoms with Crippen molar-refractivity contribution < 1.29 is 27.5 Å². The SMILES string of the molecule is CCC[C@@H](O)COc1ccc(Cl)c(-c2nc(-c3c(C)noc3C)c(C)c(N3C[C@@H]4C[C@H]3CN4CC(F)(F)F)n2)c1. The maximum absolute atomic E-state index is 13.1. The lowest BCUT2D eigenvalue weighted by atomic mass is 10.0. The normalized spacial score (nSPS) is 20.0. The van der Waals surface area contributed by atoms with Crippen molar-refractivity contribution in [2.45, 2.75) is 71.3 Å². The van der Waals surface area contributed by atoms with Gasteiger partial charge in [-0.05, 0) is 51.8 Å². The number of nitrogens with zero attached hydrogens (tertiary/aromatic N) is 5. The number of likely N-dealkylation sites (tertiary alicyclic amines) is 1. The standard InChI is InChI=1S/C28H33ClF3N5O3/c1-5-6-20(38)13-39-21-7-8-23(29)22(10-21)26-33-25(24-16(3)35-40-17(24)4)15(2)27(34-26)37-12-18-9-19(37)11-36(18)14-28(30,31)32/h7-8,10,18-20,38H,5-6,9,11-14H2,1-4H3/t18-,19-,20+/m0/s1. The second kappa shape index (κ2) is 11.2. The van der Waals surface area contributed by atoms with Gasteiger partial charge in [0.15, 0.2) is 5.82 Å². The number of aryl methyl sites for hydroxylation is 2. The van der Waals surface area contributed by atoms with Gasteiger partial charge in [0.05, 0.1) is 34.6 Å². The van der Waals surface area contributed by atoms with Gasteiger partial charge < -0.3 is 19.3 Å². The molecule has 2 saturated heterocycles. The fourth-order valence-corrected chi connectivity index (χ4v) is 5.98. The maximum Gasteiger partial charge on any atom is 0.401 e. The number of alkyl halides is 3. The Morgan fingerprint density at radius 3 is 2.58 bits per heavy atom. The summed E-state index contributed by atoms with van der Waals surface area (Å²) >= 11 is 6.64. The minimum Gasteiger partial charge on any atom is -0.491 e. The Hall–Kier alpha value is -2.89. The number of halogens is 4. The van der Waals surface area contributed by atoms with Crippen LogP contribution in [0.3, 0.4) is 0 Å². The summed E-state index contributed by atoms with van der Waals surface area (Å²) in [5.41, 5.74) is 3.38. The van der Waals surface area contributed by atoms with Gasteiger partial charge in [0.25, 0.3) is 0 Å². The highest BCUT2D eigenvalue weighted by Crippen LogP contribution is 2.41. The van der Waals surface area contributed by atoms with Gasteiger partial charge in [0.1, 0.15) is 23.9 Å². The van der Waals surface area contributed by atoms with Crippen molar-refractivity contribution in [1.29, 1.82) is 0 Å². The third-order valence-electron chi connectivity index (χ3n) is 7.64. The van der Waals surface area contributed by atoms with E-state index >= 15 is 0 Å². The van der Waals surface area contributed by atoms with Crippen LogP contribution in [0, 0.1) is 20.8 Å². The van der Waals surface area contributed by atoms with E-state index in [9.17, 15) is 18.3 Å². The molecule has 40 heavy (non-hydrogen) atoms. The predicted molar refractivity (Wildman–Crippen MR) is 146 cm³/mol. The molecule has 2 aliphatic rings. The summed E-state index contributed by atoms with van der Waals surface area (Å²) in [6.07, 6.45) is -2.71. The van der Waals surface area contributed by atoms with Crippen LogP contribution in [0.15, 0.2) is 22.7 Å². The average Bonchev–Trinajstić information content (AvgIpc) is 3.57. The van der Waals surface area contributed by atoms with E-state index in [0.717, 1.165) is 17.5 Å². The monoisotopic (exact) mass is 579 g/mol. The first-order valence-corrected chi connectivity index (χ1v) is 13.8. The van der Waals surface area contributed by atoms with E-state index in [1.165, 1.54) is 4.90 Å². The van der Waals surface area contributed by atoms with Gasteiger partial charge in [0, 0.05) is 36.3 Å². The van der Waals surface area contributed by atoms with Gasteiger partial charge in [0.2, 0.25) is 0 Å². The Balaban J connectivity index is 1.54. The van der Waals surface area contributed by atoms with Crippen LogP contribution in [-0.4, -0.2) is 75.7 Å². The van der Waals surface area contributed by atoms with Gasteiger partial charge in [-0.2, -0.15) is 13.2 Å². The van der Waals surface area contributed by atoms with Crippen molar-refractivity contribution in [3.63, 3.8) is 0 Å². The molecule has 1 aromatic carbocycles. The second-order valence-electron chi connectivity index (χ2n) is 10.7. The smallest absolute Gasteiger partial charge is 0.401 e. The minimum atomic E-state index is -4.24. The summed E-state index contributed by atoms with van der Waals surface area (Å²) in [5, 5.41) is 14.6. The lowest BCUT2D eigenvalue weighted by Gasteiger charge is -2.36. The van der Waals surface area contributed by atoms with Crippen molar-refractivity contribution in [2.24, 2.45) is 0 Å². The molecule has 2 fully saturated rings. The van der Waals surface area contributed by atoms with Gasteiger partial charge in [-0.3, -0.25) is 4.90 Å². The van der Waals surface area contributed by atoms with E-state index in [1.807, 2.05) is 27.7 Å². The van der Waals surface area contributed by atoms with Crippen molar-refractivity contribution in [2.75, 3.05) is 31.1 Å². The van der Waals surface area contributed by atoms with Crippen LogP contribution >= 0.6 is 11.6 Å². The molecule has 1 N–H and O–H groups in total. The number of benzene rings is 1. The second-order valence-corrected chi connectivity index (χ2v) is 11.1. The number of anilines is 1. The fourth-order valence-electron chi connectivity index (χ4n) is 5.78. The zero-order chi connectivity index (χ0) is 28.8. The number of aliphatic hydroxyl groups is 1. The molecule has 2 aliphatic heterocycles. The molecule has 5 rings (SSSR count). The molecule has 0 saturated carbocycles. The van der Waals surface area contributed by atoms with E-state index in [4.69, 9.17) is 30.8 Å². The quantitative estimate of drug-likeness (QED) is 0.343. The Kier molecular flexibility index (Phi) is 8.00. The van der Waals surface area contributed by atoms with Crippen LogP contribution in [0.4, 0.5) is 19.0 Å². The highest BCUT2D eigenvalue weighted by molar-refractivity contribution is 6.33. The molecule has 0 spiro atoms. The third kappa shape index (κ3) is 5.77. The first-order valence-electron chi connectivity index (χ1n) is 13.4. The summed E-state index contributed by atoms with van der Waals surface area (Å²) in [5.74, 6) is 2.13. The summed E-state index contributed by atoms with van der Waals surface area (Å²) in [4.78, 5) is 13.4. The van der Waals surface area contributed by atoms with Crippen LogP contribution in [0.5, 0.6) is 5.75 Å². The number of hydrogen-bond acceptors (Lipinski definition) is 8. The summed E-state index contributed by atoms with van der Waals surface area (Å²) < 4.78 is 50.6. The molecule has 3 atom stereocenters. The molecule has 0 unspecified atom stereocenters. The predicted octanol–water partition coefficient (Wildman–Crippen LogP) is 5.74. The molecule has 12 heteroatoms. The summed E-state index contributed by atoms with van der Waals surface area (Å²) in [6, 6.07) is 4.86. The third-order valence-corrected chi connectivity index (χ3v) is 7.97. The largest absolute Gasteiger partial charge is 0.491 e. The van der Waals surface area contributed by atoms with Gasteiger partial charge in [-0.1, -0.05) is 30.1 Å². The molecule has 0 radical (unpaired) electrons. The summed E-state index contributed by atoms with van der Waals surface area (Å²) in [7, 11) is 0. The van der Waals surface area contributed by atoms with E-state index in [1.54, 1.807) is 18.2 Å². The van der Waals surface area contributed by atoms with Crippen molar-refractivity contribution >= 4 is 17.4 Å². The van der Waals surface area contributed by atoms with Crippen molar-refractivity contribution in [1.82, 2.24) is 20.0 Å². The van der Waals surface area contributed by atoms with Crippen molar-refractivity contribution in [3.8, 4) is 28.4 Å². The fraction of sp³-hybridized carbons (Fsp3) is 0.536. The molecule has 2 aromatic heterocycles. The highest BCUT2D eigenvalue weighted by Gasteiger charge is 2.47. The Bertz CT molecular complexity index is 1360. The van der Waals surface area contributed by atoms with Gasteiger partial charge in [-0.25, -0.2) is 9.97 Å². The minimum absolute atomic E-state index is 0.100. The topological polar surface area (TPSA) is 87.7 Å². The van der Waals surface area contributed by atoms with Crippen molar-refractivity contribution in [3.05, 3.63) is 40.2 Å². The number of piperazine rings is 1. The number of rotatable bonds is 9. The number of ether oxygens (including phenoxy) is 1. The zero-order valence-electron chi connectivity index (χ0n) is 22.9. The van der Waals surface area contributed by atoms with Gasteiger partial charge >= 0.3 is 6.18 Å². The van der Waals surface area contributed by atoms with Crippen LogP contribution in [0.2, 0.25) is 5.02 Å². The zero-order valence-corrected chi connectivity index (χ0v) is 23.7. The Morgan fingerprint density at radius 1 is 1.18 bits per heavy atom. The first kappa shape index (κ1) is 28.6. The molecule has 3 aromatic rings. The Labute approximate surface area is 236 Å². The highest BCUT2D eigenvalue weighted by atomic mass is 35.5. The van der Waals surface area contributed by atoms with Crippen LogP contribution in [0.25, 0.3) is 22.6 Å². The number of fused-ring (bicyclic) bond motifs is 2. The van der Waals surface area contributed by atoms with E-state index in [2.05, 4.69) is 10.1 Å². The molecule has 0 amide bonds. The molecule has 4 heterocycles. The summed E-state index contributed by atoms with van der Waals surface area (Å²) in [6.45, 7) is 7.54. The molecule has 8 nitrogen and oxygen atoms in total. The molecule has 216 valence electrons. The lowest BCUT2D eigenvalue weighted by molar-refractivity contribution is -0.148. The van der Waals surface area contributed by atoms with E-state index in [0.29, 0.717) is 71.1 Å².